The van der Waals surface area contributed by atoms with Crippen LogP contribution in [0.2, 0.25) is 0 Å². The summed E-state index contributed by atoms with van der Waals surface area (Å²) in [6, 6.07) is 9.40. The molecule has 0 fully saturated rings. The normalized spacial score (nSPS) is 16.6. The lowest BCUT2D eigenvalue weighted by atomic mass is 9.93. The van der Waals surface area contributed by atoms with E-state index in [2.05, 4.69) is 10.6 Å². The number of nitrogens with one attached hydrogen (secondary N) is 2. The number of non-ortho nitro benzene ring substituents is 1. The zero-order valence-electron chi connectivity index (χ0n) is 12.3. The first-order valence-corrected chi connectivity index (χ1v) is 7.31. The topological polar surface area (TPSA) is 108 Å². The number of fused-ring (bicyclic) bond motifs is 1. The van der Waals surface area contributed by atoms with Crippen LogP contribution in [0.15, 0.2) is 36.4 Å². The minimum Gasteiger partial charge on any atom is -0.504 e. The van der Waals surface area contributed by atoms with E-state index < -0.39 is 4.92 Å². The molecule has 7 nitrogen and oxygen atoms in total. The Morgan fingerprint density at radius 3 is 2.61 bits per heavy atom. The molecular formula is C16H17N3O4. The van der Waals surface area contributed by atoms with Crippen LogP contribution in [0.25, 0.3) is 0 Å². The van der Waals surface area contributed by atoms with Crippen molar-refractivity contribution in [2.24, 2.45) is 0 Å². The average Bonchev–Trinajstić information content (AvgIpc) is 2.54. The molecule has 0 aromatic heterocycles. The van der Waals surface area contributed by atoms with Crippen LogP contribution in [0.3, 0.4) is 0 Å². The maximum absolute atomic E-state index is 10.6. The summed E-state index contributed by atoms with van der Waals surface area (Å²) in [4.78, 5) is 10.2. The molecule has 4 N–H and O–H groups in total. The Balaban J connectivity index is 1.72. The highest BCUT2D eigenvalue weighted by molar-refractivity contribution is 5.51. The summed E-state index contributed by atoms with van der Waals surface area (Å²) >= 11 is 0. The van der Waals surface area contributed by atoms with Gasteiger partial charge in [-0.1, -0.05) is 0 Å². The first kappa shape index (κ1) is 15.1. The number of benzene rings is 2. The Morgan fingerprint density at radius 1 is 1.22 bits per heavy atom. The lowest BCUT2D eigenvalue weighted by molar-refractivity contribution is -0.384. The van der Waals surface area contributed by atoms with Gasteiger partial charge in [-0.2, -0.15) is 0 Å². The Labute approximate surface area is 132 Å². The summed E-state index contributed by atoms with van der Waals surface area (Å²) in [6.07, 6.45) is 0.789. The van der Waals surface area contributed by atoms with Crippen LogP contribution in [-0.4, -0.2) is 28.2 Å². The molecule has 0 saturated heterocycles. The van der Waals surface area contributed by atoms with E-state index in [9.17, 15) is 20.3 Å². The second-order valence-electron chi connectivity index (χ2n) is 5.48. The van der Waals surface area contributed by atoms with Crippen molar-refractivity contribution in [3.8, 4) is 11.5 Å². The predicted molar refractivity (Wildman–Crippen MR) is 85.8 cm³/mol. The average molecular weight is 315 g/mol. The molecule has 1 aliphatic rings. The van der Waals surface area contributed by atoms with Gasteiger partial charge in [0.15, 0.2) is 11.5 Å². The Bertz CT molecular complexity index is 731. The molecule has 0 radical (unpaired) electrons. The number of nitro benzene ring substituents is 1. The molecule has 2 aromatic carbocycles. The van der Waals surface area contributed by atoms with Crippen molar-refractivity contribution in [1.29, 1.82) is 0 Å². The second kappa shape index (κ2) is 6.13. The van der Waals surface area contributed by atoms with Crippen molar-refractivity contribution in [3.63, 3.8) is 0 Å². The fourth-order valence-corrected chi connectivity index (χ4v) is 2.77. The van der Waals surface area contributed by atoms with Gasteiger partial charge in [-0.25, -0.2) is 0 Å². The van der Waals surface area contributed by atoms with Crippen molar-refractivity contribution >= 4 is 11.4 Å². The number of phenolic OH excluding ortho intramolecular Hbond substituents is 2. The highest BCUT2D eigenvalue weighted by Crippen LogP contribution is 2.33. The largest absolute Gasteiger partial charge is 0.504 e. The van der Waals surface area contributed by atoms with Crippen LogP contribution in [0.4, 0.5) is 11.4 Å². The molecule has 1 atom stereocenters. The smallest absolute Gasteiger partial charge is 0.269 e. The van der Waals surface area contributed by atoms with Gasteiger partial charge in [0, 0.05) is 30.4 Å². The van der Waals surface area contributed by atoms with Gasteiger partial charge in [0.1, 0.15) is 0 Å². The van der Waals surface area contributed by atoms with E-state index in [0.717, 1.165) is 29.8 Å². The Morgan fingerprint density at radius 2 is 1.91 bits per heavy atom. The highest BCUT2D eigenvalue weighted by atomic mass is 16.6. The van der Waals surface area contributed by atoms with Gasteiger partial charge in [0.25, 0.3) is 5.69 Å². The summed E-state index contributed by atoms with van der Waals surface area (Å²) in [6.45, 7) is 1.35. The van der Waals surface area contributed by atoms with Gasteiger partial charge >= 0.3 is 0 Å². The minimum absolute atomic E-state index is 0.0135. The molecule has 0 aliphatic carbocycles. The summed E-state index contributed by atoms with van der Waals surface area (Å²) < 4.78 is 0. The fraction of sp³-hybridized carbons (Fsp3) is 0.250. The zero-order valence-corrected chi connectivity index (χ0v) is 12.3. The number of hydrogen-bond donors (Lipinski definition) is 4. The predicted octanol–water partition coefficient (Wildman–Crippen LogP) is 2.30. The van der Waals surface area contributed by atoms with E-state index in [-0.39, 0.29) is 23.2 Å². The SMILES string of the molecule is O=[N+]([O-])c1ccc(NCC2NCCc3cc(O)c(O)cc32)cc1. The monoisotopic (exact) mass is 315 g/mol. The Kier molecular flexibility index (Phi) is 4.03. The molecule has 3 rings (SSSR count). The second-order valence-corrected chi connectivity index (χ2v) is 5.48. The van der Waals surface area contributed by atoms with Crippen LogP contribution in [0.5, 0.6) is 11.5 Å². The molecule has 1 unspecified atom stereocenters. The third-order valence-electron chi connectivity index (χ3n) is 3.99. The molecule has 0 saturated carbocycles. The lowest BCUT2D eigenvalue weighted by Gasteiger charge is -2.28. The third kappa shape index (κ3) is 3.19. The lowest BCUT2D eigenvalue weighted by Crippen LogP contribution is -2.34. The van der Waals surface area contributed by atoms with Crippen LogP contribution in [0.1, 0.15) is 17.2 Å². The zero-order chi connectivity index (χ0) is 16.4. The first-order chi connectivity index (χ1) is 11.0. The summed E-state index contributed by atoms with van der Waals surface area (Å²) in [5.41, 5.74) is 2.79. The van der Waals surface area contributed by atoms with Crippen LogP contribution in [0, 0.1) is 10.1 Å². The number of hydrogen-bond acceptors (Lipinski definition) is 6. The van der Waals surface area contributed by atoms with Crippen molar-refractivity contribution in [1.82, 2.24) is 5.32 Å². The van der Waals surface area contributed by atoms with Gasteiger partial charge < -0.3 is 20.8 Å². The summed E-state index contributed by atoms with van der Waals surface area (Å²) in [5, 5.41) is 36.5. The molecule has 1 aliphatic heterocycles. The molecule has 0 bridgehead atoms. The van der Waals surface area contributed by atoms with E-state index in [1.54, 1.807) is 24.3 Å². The van der Waals surface area contributed by atoms with E-state index >= 15 is 0 Å². The van der Waals surface area contributed by atoms with Gasteiger partial charge in [-0.05, 0) is 48.4 Å². The number of anilines is 1. The van der Waals surface area contributed by atoms with Crippen molar-refractivity contribution in [2.75, 3.05) is 18.4 Å². The highest BCUT2D eigenvalue weighted by Gasteiger charge is 2.21. The quantitative estimate of drug-likeness (QED) is 0.392. The van der Waals surface area contributed by atoms with Crippen molar-refractivity contribution < 1.29 is 15.1 Å². The van der Waals surface area contributed by atoms with E-state index in [1.165, 1.54) is 12.1 Å². The maximum atomic E-state index is 10.6. The molecule has 7 heteroatoms. The third-order valence-corrected chi connectivity index (χ3v) is 3.99. The van der Waals surface area contributed by atoms with E-state index in [0.29, 0.717) is 6.54 Å². The summed E-state index contributed by atoms with van der Waals surface area (Å²) in [5.74, 6) is -0.236. The number of nitro groups is 1. The molecule has 1 heterocycles. The number of phenols is 2. The van der Waals surface area contributed by atoms with Crippen molar-refractivity contribution in [3.05, 3.63) is 57.6 Å². The van der Waals surface area contributed by atoms with Crippen LogP contribution in [-0.2, 0) is 6.42 Å². The standard InChI is InChI=1S/C16H17N3O4/c20-15-7-10-5-6-17-14(13(10)8-16(15)21)9-18-11-1-3-12(4-2-11)19(22)23/h1-4,7-8,14,17-18,20-21H,5-6,9H2. The first-order valence-electron chi connectivity index (χ1n) is 7.31. The van der Waals surface area contributed by atoms with Gasteiger partial charge in [-0.3, -0.25) is 10.1 Å². The molecular weight excluding hydrogens is 298 g/mol. The van der Waals surface area contributed by atoms with Gasteiger partial charge in [0.2, 0.25) is 0 Å². The van der Waals surface area contributed by atoms with Crippen LogP contribution < -0.4 is 10.6 Å². The number of aromatic hydroxyl groups is 2. The van der Waals surface area contributed by atoms with Crippen molar-refractivity contribution in [2.45, 2.75) is 12.5 Å². The fourth-order valence-electron chi connectivity index (χ4n) is 2.77. The van der Waals surface area contributed by atoms with Crippen LogP contribution >= 0.6 is 0 Å². The van der Waals surface area contributed by atoms with E-state index in [1.807, 2.05) is 0 Å². The van der Waals surface area contributed by atoms with Gasteiger partial charge in [-0.15, -0.1) is 0 Å². The molecule has 2 aromatic rings. The molecule has 23 heavy (non-hydrogen) atoms. The maximum Gasteiger partial charge on any atom is 0.269 e. The number of rotatable bonds is 4. The number of nitrogens with zero attached hydrogens (tertiary/aromatic N) is 1. The Hall–Kier alpha value is -2.80. The molecule has 0 spiro atoms. The molecule has 120 valence electrons. The summed E-state index contributed by atoms with van der Waals surface area (Å²) in [7, 11) is 0. The molecule has 0 amide bonds. The minimum atomic E-state index is -0.433. The van der Waals surface area contributed by atoms with E-state index in [4.69, 9.17) is 0 Å². The van der Waals surface area contributed by atoms with Gasteiger partial charge in [0.05, 0.1) is 4.92 Å².